The number of rotatable bonds is 5. The summed E-state index contributed by atoms with van der Waals surface area (Å²) in [6.07, 6.45) is 0. The molecule has 2 aromatic carbocycles. The van der Waals surface area contributed by atoms with Crippen molar-refractivity contribution in [2.45, 2.75) is 4.90 Å². The summed E-state index contributed by atoms with van der Waals surface area (Å²) in [7, 11) is -4.17. The first-order valence-electron chi connectivity index (χ1n) is 7.34. The van der Waals surface area contributed by atoms with Crippen molar-refractivity contribution in [3.63, 3.8) is 0 Å². The number of nitrogens with zero attached hydrogens (tertiary/aromatic N) is 1. The van der Waals surface area contributed by atoms with Gasteiger partial charge in [0.2, 0.25) is 0 Å². The molecule has 26 heavy (non-hydrogen) atoms. The van der Waals surface area contributed by atoms with Gasteiger partial charge in [0.15, 0.2) is 6.61 Å². The molecule has 0 bridgehead atoms. The van der Waals surface area contributed by atoms with Crippen LogP contribution in [-0.2, 0) is 19.6 Å². The molecule has 0 unspecified atom stereocenters. The zero-order valence-electron chi connectivity index (χ0n) is 13.2. The summed E-state index contributed by atoms with van der Waals surface area (Å²) in [5.74, 6) is -2.45. The van der Waals surface area contributed by atoms with Gasteiger partial charge in [0.05, 0.1) is 16.3 Å². The molecule has 10 heteroatoms. The van der Waals surface area contributed by atoms with Crippen LogP contribution in [0.3, 0.4) is 0 Å². The number of carbonyl (C=O) groups is 2. The van der Waals surface area contributed by atoms with Gasteiger partial charge in [-0.15, -0.1) is 0 Å². The van der Waals surface area contributed by atoms with E-state index in [2.05, 4.69) is 4.72 Å². The van der Waals surface area contributed by atoms with Gasteiger partial charge in [0, 0.05) is 0 Å². The van der Waals surface area contributed by atoms with E-state index in [-0.39, 0.29) is 28.6 Å². The first kappa shape index (κ1) is 17.7. The number of sulfonamides is 1. The number of amides is 1. The molecule has 1 amide bonds. The number of halogens is 1. The van der Waals surface area contributed by atoms with E-state index in [0.717, 1.165) is 17.0 Å². The Morgan fingerprint density at radius 2 is 2.00 bits per heavy atom. The summed E-state index contributed by atoms with van der Waals surface area (Å²) in [4.78, 5) is 23.5. The molecule has 0 saturated heterocycles. The van der Waals surface area contributed by atoms with Crippen molar-refractivity contribution in [1.82, 2.24) is 0 Å². The molecule has 0 saturated carbocycles. The molecule has 3 rings (SSSR count). The number of anilines is 2. The van der Waals surface area contributed by atoms with E-state index >= 15 is 0 Å². The number of hydrogen-bond donors (Lipinski definition) is 2. The molecule has 2 N–H and O–H groups in total. The lowest BCUT2D eigenvalue weighted by Gasteiger charge is -2.28. The maximum Gasteiger partial charge on any atom is 0.323 e. The summed E-state index contributed by atoms with van der Waals surface area (Å²) >= 11 is 0. The number of carboxylic acid groups (broad SMARTS) is 1. The van der Waals surface area contributed by atoms with Gasteiger partial charge in [0.1, 0.15) is 18.1 Å². The van der Waals surface area contributed by atoms with Gasteiger partial charge in [-0.2, -0.15) is 0 Å². The Balaban J connectivity index is 1.99. The van der Waals surface area contributed by atoms with Gasteiger partial charge < -0.3 is 9.84 Å². The van der Waals surface area contributed by atoms with Crippen LogP contribution < -0.4 is 14.4 Å². The Hall–Kier alpha value is -3.14. The average molecular weight is 380 g/mol. The Bertz CT molecular complexity index is 992. The highest BCUT2D eigenvalue weighted by Gasteiger charge is 2.29. The summed E-state index contributed by atoms with van der Waals surface area (Å²) < 4.78 is 46.0. The lowest BCUT2D eigenvalue weighted by molar-refractivity contribution is -0.137. The fraction of sp³-hybridized carbons (Fsp3) is 0.125. The van der Waals surface area contributed by atoms with Gasteiger partial charge in [-0.1, -0.05) is 12.1 Å². The topological polar surface area (TPSA) is 113 Å². The van der Waals surface area contributed by atoms with E-state index < -0.39 is 34.3 Å². The quantitative estimate of drug-likeness (QED) is 0.812. The van der Waals surface area contributed by atoms with Gasteiger partial charge in [-0.25, -0.2) is 12.8 Å². The molecule has 0 aromatic heterocycles. The van der Waals surface area contributed by atoms with Crippen LogP contribution in [0.15, 0.2) is 47.4 Å². The van der Waals surface area contributed by atoms with E-state index in [1.54, 1.807) is 0 Å². The minimum atomic E-state index is -4.17. The maximum absolute atomic E-state index is 13.7. The molecule has 2 aromatic rings. The van der Waals surface area contributed by atoms with Crippen LogP contribution in [0, 0.1) is 5.82 Å². The van der Waals surface area contributed by atoms with Crippen LogP contribution in [0.25, 0.3) is 0 Å². The van der Waals surface area contributed by atoms with Crippen LogP contribution >= 0.6 is 0 Å². The van der Waals surface area contributed by atoms with Gasteiger partial charge >= 0.3 is 5.97 Å². The molecule has 0 radical (unpaired) electrons. The number of hydrogen-bond acceptors (Lipinski definition) is 5. The van der Waals surface area contributed by atoms with E-state index in [9.17, 15) is 22.4 Å². The largest absolute Gasteiger partial charge is 0.482 e. The number of para-hydroxylation sites is 1. The van der Waals surface area contributed by atoms with Crippen molar-refractivity contribution in [1.29, 1.82) is 0 Å². The van der Waals surface area contributed by atoms with Crippen LogP contribution in [0.2, 0.25) is 0 Å². The second-order valence-electron chi connectivity index (χ2n) is 5.38. The van der Waals surface area contributed by atoms with Crippen LogP contribution in [0.5, 0.6) is 5.75 Å². The Morgan fingerprint density at radius 1 is 1.27 bits per heavy atom. The molecule has 0 fully saturated rings. The summed E-state index contributed by atoms with van der Waals surface area (Å²) in [5.41, 5.74) is -0.222. The van der Waals surface area contributed by atoms with Crippen LogP contribution in [0.4, 0.5) is 15.8 Å². The Kier molecular flexibility index (Phi) is 4.51. The molecule has 1 aliphatic rings. The van der Waals surface area contributed by atoms with Gasteiger partial charge in [-0.05, 0) is 30.3 Å². The van der Waals surface area contributed by atoms with Crippen molar-refractivity contribution < 1.29 is 32.2 Å². The third-order valence-electron chi connectivity index (χ3n) is 3.60. The highest BCUT2D eigenvalue weighted by Crippen LogP contribution is 2.34. The second-order valence-corrected chi connectivity index (χ2v) is 7.06. The summed E-state index contributed by atoms with van der Waals surface area (Å²) in [5, 5.41) is 8.96. The maximum atomic E-state index is 13.7. The fourth-order valence-corrected chi connectivity index (χ4v) is 3.49. The smallest absolute Gasteiger partial charge is 0.323 e. The van der Waals surface area contributed by atoms with E-state index in [0.29, 0.717) is 0 Å². The Morgan fingerprint density at radius 3 is 2.69 bits per heavy atom. The highest BCUT2D eigenvalue weighted by molar-refractivity contribution is 7.92. The van der Waals surface area contributed by atoms with Crippen molar-refractivity contribution in [3.8, 4) is 5.75 Å². The molecule has 1 aliphatic heterocycles. The first-order chi connectivity index (χ1) is 12.3. The molecular formula is C16H13FN2O6S. The molecule has 0 spiro atoms. The number of aliphatic carboxylic acids is 1. The lowest BCUT2D eigenvalue weighted by Crippen LogP contribution is -2.42. The Labute approximate surface area is 147 Å². The molecule has 8 nitrogen and oxygen atoms in total. The molecule has 0 aliphatic carbocycles. The van der Waals surface area contributed by atoms with Crippen molar-refractivity contribution in [3.05, 3.63) is 48.3 Å². The number of ether oxygens (including phenoxy) is 1. The molecular weight excluding hydrogens is 367 g/mol. The van der Waals surface area contributed by atoms with Gasteiger partial charge in [0.25, 0.3) is 15.9 Å². The predicted octanol–water partition coefficient (Wildman–Crippen LogP) is 1.44. The monoisotopic (exact) mass is 380 g/mol. The SMILES string of the molecule is O=C(O)CN1C(=O)COc2ccc(S(=O)(=O)Nc3ccccc3F)cc21. The molecule has 136 valence electrons. The van der Waals surface area contributed by atoms with Crippen molar-refractivity contribution in [2.75, 3.05) is 22.8 Å². The van der Waals surface area contributed by atoms with Crippen molar-refractivity contribution in [2.24, 2.45) is 0 Å². The van der Waals surface area contributed by atoms with E-state index in [1.807, 2.05) is 0 Å². The highest BCUT2D eigenvalue weighted by atomic mass is 32.2. The first-order valence-corrected chi connectivity index (χ1v) is 8.82. The number of fused-ring (bicyclic) bond motifs is 1. The summed E-state index contributed by atoms with van der Waals surface area (Å²) in [6.45, 7) is -0.987. The number of benzene rings is 2. The average Bonchev–Trinajstić information content (AvgIpc) is 2.58. The lowest BCUT2D eigenvalue weighted by atomic mass is 10.2. The number of carboxylic acids is 1. The predicted molar refractivity (Wildman–Crippen MR) is 89.1 cm³/mol. The zero-order chi connectivity index (χ0) is 18.9. The van der Waals surface area contributed by atoms with E-state index in [1.165, 1.54) is 30.3 Å². The number of carbonyl (C=O) groups excluding carboxylic acids is 1. The minimum Gasteiger partial charge on any atom is -0.482 e. The molecule has 0 atom stereocenters. The second kappa shape index (κ2) is 6.64. The normalized spacial score (nSPS) is 13.7. The number of nitrogens with one attached hydrogen (secondary N) is 1. The fourth-order valence-electron chi connectivity index (χ4n) is 2.41. The van der Waals surface area contributed by atoms with E-state index in [4.69, 9.17) is 9.84 Å². The molecule has 1 heterocycles. The third-order valence-corrected chi connectivity index (χ3v) is 4.96. The summed E-state index contributed by atoms with van der Waals surface area (Å²) in [6, 6.07) is 8.88. The zero-order valence-corrected chi connectivity index (χ0v) is 14.0. The van der Waals surface area contributed by atoms with Crippen LogP contribution in [0.1, 0.15) is 0 Å². The van der Waals surface area contributed by atoms with Gasteiger partial charge in [-0.3, -0.25) is 19.2 Å². The van der Waals surface area contributed by atoms with Crippen LogP contribution in [-0.4, -0.2) is 38.6 Å². The van der Waals surface area contributed by atoms with Crippen molar-refractivity contribution >= 4 is 33.3 Å². The standard InChI is InChI=1S/C16H13FN2O6S/c17-11-3-1-2-4-12(11)18-26(23,24)10-5-6-14-13(7-10)19(8-16(21)22)15(20)9-25-14/h1-7,18H,8-9H2,(H,21,22). The third kappa shape index (κ3) is 3.45. The minimum absolute atomic E-state index is 0.0139.